The summed E-state index contributed by atoms with van der Waals surface area (Å²) >= 11 is 13.7. The summed E-state index contributed by atoms with van der Waals surface area (Å²) in [7, 11) is 0. The number of halogens is 5. The second-order valence-electron chi connectivity index (χ2n) is 13.9. The van der Waals surface area contributed by atoms with Crippen molar-refractivity contribution in [2.45, 2.75) is 49.4 Å². The lowest BCUT2D eigenvalue weighted by Crippen LogP contribution is -2.64. The molecule has 4 fully saturated rings. The highest BCUT2D eigenvalue weighted by Crippen LogP contribution is 2.48. The second-order valence-corrected chi connectivity index (χ2v) is 15.7. The minimum atomic E-state index is -0.974. The number of nitrogens with zero attached hydrogens (tertiary/aromatic N) is 9. The van der Waals surface area contributed by atoms with Gasteiger partial charge in [0.15, 0.2) is 5.82 Å². The Morgan fingerprint density at radius 1 is 1.17 bits per heavy atom. The molecule has 18 heteroatoms. The predicted molar refractivity (Wildman–Crippen MR) is 190 cm³/mol. The lowest BCUT2D eigenvalue weighted by molar-refractivity contribution is 0.0400. The Morgan fingerprint density at radius 3 is 2.75 bits per heavy atom. The monoisotopic (exact) mass is 768 g/mol. The Bertz CT molecular complexity index is 2370. The average Bonchev–Trinajstić information content (AvgIpc) is 3.93. The van der Waals surface area contributed by atoms with Gasteiger partial charge in [0.1, 0.15) is 47.3 Å². The van der Waals surface area contributed by atoms with Gasteiger partial charge >= 0.3 is 12.0 Å². The lowest BCUT2D eigenvalue weighted by atomic mass is 9.84. The number of benzene rings is 2. The SMILES string of the molecule is N#Cc1c(N)sc2c(F)ccc(-c3c(Cl)cc4c(N5CCC6(CCN6C(=O)n6cnc(Cl)n6)C5)nc(OC[C@@]56CCCN5C[C@H](F)C6)nc4c3F)c12. The number of fused-ring (bicyclic) bond motifs is 3. The first-order chi connectivity index (χ1) is 25.0. The fourth-order valence-corrected chi connectivity index (χ4v) is 10.00. The van der Waals surface area contributed by atoms with E-state index >= 15 is 4.39 Å². The van der Waals surface area contributed by atoms with Crippen LogP contribution in [0.3, 0.4) is 0 Å². The number of nitrogen functional groups attached to an aromatic ring is 1. The van der Waals surface area contributed by atoms with Gasteiger partial charge in [0.2, 0.25) is 5.28 Å². The van der Waals surface area contributed by atoms with Gasteiger partial charge in [-0.2, -0.15) is 19.9 Å². The second kappa shape index (κ2) is 12.1. The molecule has 1 amide bonds. The maximum atomic E-state index is 17.1. The number of thiophene rings is 1. The van der Waals surface area contributed by atoms with Gasteiger partial charge in [-0.3, -0.25) is 4.90 Å². The van der Waals surface area contributed by atoms with Crippen molar-refractivity contribution in [3.05, 3.63) is 52.0 Å². The van der Waals surface area contributed by atoms with Crippen molar-refractivity contribution in [3.63, 3.8) is 0 Å². The minimum Gasteiger partial charge on any atom is -0.461 e. The van der Waals surface area contributed by atoms with E-state index in [9.17, 15) is 18.8 Å². The average molecular weight is 770 g/mol. The first-order valence-electron chi connectivity index (χ1n) is 16.8. The van der Waals surface area contributed by atoms with E-state index in [0.29, 0.717) is 50.2 Å². The highest BCUT2D eigenvalue weighted by molar-refractivity contribution is 7.23. The van der Waals surface area contributed by atoms with E-state index in [1.165, 1.54) is 18.5 Å². The normalized spacial score (nSPS) is 24.3. The van der Waals surface area contributed by atoms with Crippen molar-refractivity contribution in [1.82, 2.24) is 34.5 Å². The molecule has 4 aliphatic heterocycles. The van der Waals surface area contributed by atoms with Gasteiger partial charge in [-0.25, -0.2) is 22.9 Å². The molecule has 3 aromatic heterocycles. The Morgan fingerprint density at radius 2 is 2.00 bits per heavy atom. The molecule has 268 valence electrons. The summed E-state index contributed by atoms with van der Waals surface area (Å²) < 4.78 is 54.2. The largest absolute Gasteiger partial charge is 0.461 e. The highest BCUT2D eigenvalue weighted by atomic mass is 35.5. The third-order valence-electron chi connectivity index (χ3n) is 11.2. The molecule has 12 nitrogen and oxygen atoms in total. The predicted octanol–water partition coefficient (Wildman–Crippen LogP) is 6.42. The Labute approximate surface area is 308 Å². The third-order valence-corrected chi connectivity index (χ3v) is 12.7. The molecule has 4 saturated heterocycles. The number of hydrogen-bond acceptors (Lipinski definition) is 11. The molecule has 0 aliphatic carbocycles. The van der Waals surface area contributed by atoms with E-state index < -0.39 is 28.9 Å². The van der Waals surface area contributed by atoms with Crippen molar-refractivity contribution in [1.29, 1.82) is 5.26 Å². The van der Waals surface area contributed by atoms with E-state index in [0.717, 1.165) is 41.8 Å². The zero-order valence-corrected chi connectivity index (χ0v) is 29.7. The number of amides is 1. The molecular formula is C34H29Cl2F3N10O2S. The summed E-state index contributed by atoms with van der Waals surface area (Å²) in [6, 6.07) is 5.67. The van der Waals surface area contributed by atoms with Crippen LogP contribution in [-0.2, 0) is 0 Å². The summed E-state index contributed by atoms with van der Waals surface area (Å²) in [5.74, 6) is -1.07. The molecule has 0 saturated carbocycles. The Balaban J connectivity index is 1.15. The van der Waals surface area contributed by atoms with Crippen molar-refractivity contribution < 1.29 is 22.7 Å². The van der Waals surface area contributed by atoms with E-state index in [1.807, 2.05) is 11.0 Å². The number of anilines is 2. The number of aromatic nitrogens is 5. The van der Waals surface area contributed by atoms with Crippen molar-refractivity contribution in [3.8, 4) is 23.2 Å². The summed E-state index contributed by atoms with van der Waals surface area (Å²) in [5.41, 5.74) is 5.04. The highest BCUT2D eigenvalue weighted by Gasteiger charge is 2.53. The van der Waals surface area contributed by atoms with Crippen LogP contribution in [0.5, 0.6) is 6.01 Å². The molecule has 0 radical (unpaired) electrons. The number of nitriles is 1. The van der Waals surface area contributed by atoms with Crippen LogP contribution < -0.4 is 15.4 Å². The fourth-order valence-electron chi connectivity index (χ4n) is 8.63. The minimum absolute atomic E-state index is 0.0112. The van der Waals surface area contributed by atoms with Crippen LogP contribution in [0, 0.1) is 23.0 Å². The number of ether oxygens (including phenoxy) is 1. The van der Waals surface area contributed by atoms with Gasteiger partial charge in [0.05, 0.1) is 26.4 Å². The van der Waals surface area contributed by atoms with Crippen molar-refractivity contribution in [2.75, 3.05) is 50.0 Å². The van der Waals surface area contributed by atoms with Gasteiger partial charge in [0.25, 0.3) is 0 Å². The Hall–Kier alpha value is -4.43. The molecule has 2 aromatic carbocycles. The number of alkyl halides is 1. The maximum Gasteiger partial charge on any atom is 0.346 e. The van der Waals surface area contributed by atoms with Gasteiger partial charge in [-0.1, -0.05) is 17.7 Å². The van der Waals surface area contributed by atoms with Gasteiger partial charge in [-0.15, -0.1) is 16.4 Å². The van der Waals surface area contributed by atoms with Crippen LogP contribution in [-0.4, -0.2) is 97.1 Å². The number of carbonyl (C=O) groups is 1. The van der Waals surface area contributed by atoms with Crippen LogP contribution in [0.4, 0.5) is 28.8 Å². The third kappa shape index (κ3) is 5.00. The summed E-state index contributed by atoms with van der Waals surface area (Å²) in [5, 5.41) is 14.4. The summed E-state index contributed by atoms with van der Waals surface area (Å²) in [4.78, 5) is 32.4. The molecule has 2 N–H and O–H groups in total. The summed E-state index contributed by atoms with van der Waals surface area (Å²) in [6.07, 6.45) is 3.60. The Kier molecular flexibility index (Phi) is 7.74. The molecule has 7 heterocycles. The van der Waals surface area contributed by atoms with E-state index in [-0.39, 0.29) is 66.2 Å². The number of hydrogen-bond donors (Lipinski definition) is 1. The number of rotatable bonds is 5. The number of nitrogens with two attached hydrogens (primary N) is 1. The van der Waals surface area contributed by atoms with Crippen LogP contribution >= 0.6 is 34.5 Å². The van der Waals surface area contributed by atoms with E-state index in [2.05, 4.69) is 20.0 Å². The molecule has 0 bridgehead atoms. The van der Waals surface area contributed by atoms with Gasteiger partial charge in [-0.05, 0) is 61.5 Å². The van der Waals surface area contributed by atoms with Crippen molar-refractivity contribution >= 4 is 72.4 Å². The van der Waals surface area contributed by atoms with Crippen LogP contribution in [0.15, 0.2) is 24.5 Å². The van der Waals surface area contributed by atoms with Gasteiger partial charge in [0, 0.05) is 48.9 Å². The summed E-state index contributed by atoms with van der Waals surface area (Å²) in [6.45, 7) is 2.55. The van der Waals surface area contributed by atoms with E-state index in [1.54, 1.807) is 11.0 Å². The smallest absolute Gasteiger partial charge is 0.346 e. The zero-order valence-electron chi connectivity index (χ0n) is 27.4. The number of likely N-dealkylation sites (tertiary alicyclic amines) is 1. The van der Waals surface area contributed by atoms with E-state index in [4.69, 9.17) is 38.7 Å². The number of carbonyl (C=O) groups excluding carboxylic acids is 1. The molecule has 5 aromatic rings. The zero-order chi connectivity index (χ0) is 36.1. The topological polar surface area (TPSA) is 142 Å². The lowest BCUT2D eigenvalue weighted by Gasteiger charge is -2.50. The maximum absolute atomic E-state index is 17.1. The quantitative estimate of drug-likeness (QED) is 0.213. The molecular weight excluding hydrogens is 740 g/mol. The first kappa shape index (κ1) is 33.4. The van der Waals surface area contributed by atoms with Crippen LogP contribution in [0.25, 0.3) is 32.1 Å². The fraction of sp³-hybridized carbons (Fsp3) is 0.412. The standard InChI is InChI=1S/C34H29Cl2F3N10O2S/c35-21-10-19-26(25(39)24(21)18-2-3-22(38)27-23(18)20(12-40)28(41)52-27)43-31(51-15-34-4-1-7-47(34)13-17(37)11-34)44-29(19)46-8-5-33(14-46)6-9-48(33)32(50)49-16-42-30(36)45-49/h2-3,10,16-17H,1,4-9,11,13-15,41H2/t17-,33?,34+/m1/s1. The molecule has 52 heavy (non-hydrogen) atoms. The molecule has 1 unspecified atom stereocenters. The van der Waals surface area contributed by atoms with Gasteiger partial charge < -0.3 is 20.3 Å². The first-order valence-corrected chi connectivity index (χ1v) is 18.3. The van der Waals surface area contributed by atoms with Crippen LogP contribution in [0.2, 0.25) is 10.3 Å². The molecule has 1 spiro atoms. The van der Waals surface area contributed by atoms with Crippen LogP contribution in [0.1, 0.15) is 37.7 Å². The van der Waals surface area contributed by atoms with Crippen molar-refractivity contribution in [2.24, 2.45) is 0 Å². The molecule has 4 aliphatic rings. The molecule has 9 rings (SSSR count). The molecule has 3 atom stereocenters.